The minimum atomic E-state index is -0.0662. The second kappa shape index (κ2) is 7.81. The zero-order valence-corrected chi connectivity index (χ0v) is 12.5. The molecule has 114 valence electrons. The first-order chi connectivity index (χ1) is 10.2. The second-order valence-electron chi connectivity index (χ2n) is 5.19. The Morgan fingerprint density at radius 2 is 2.00 bits per heavy atom. The number of benzene rings is 1. The molecule has 0 atom stereocenters. The molecule has 5 heteroatoms. The van der Waals surface area contributed by atoms with Gasteiger partial charge < -0.3 is 15.3 Å². The summed E-state index contributed by atoms with van der Waals surface area (Å²) in [5, 5.41) is 11.7. The number of carbonyl (C=O) groups is 1. The van der Waals surface area contributed by atoms with E-state index in [1.165, 1.54) is 5.56 Å². The summed E-state index contributed by atoms with van der Waals surface area (Å²) in [6, 6.07) is 7.97. The van der Waals surface area contributed by atoms with Gasteiger partial charge >= 0.3 is 6.03 Å². The number of piperazine rings is 1. The molecule has 21 heavy (non-hydrogen) atoms. The standard InChI is InChI=1S/C16H23N3O2/c1-14-4-2-3-5-15(14)6-7-17-16(21)19-10-8-18(9-11-19)12-13-20/h2-7,20H,8-13H2,1H3,(H,17,21)/b7-6+. The Kier molecular flexibility index (Phi) is 5.78. The van der Waals surface area contributed by atoms with Crippen LogP contribution in [0.25, 0.3) is 6.08 Å². The van der Waals surface area contributed by atoms with Crippen molar-refractivity contribution < 1.29 is 9.90 Å². The molecule has 1 aliphatic rings. The molecule has 5 nitrogen and oxygen atoms in total. The average Bonchev–Trinajstić information content (AvgIpc) is 2.50. The summed E-state index contributed by atoms with van der Waals surface area (Å²) in [6.45, 7) is 5.93. The van der Waals surface area contributed by atoms with Gasteiger partial charge in [-0.25, -0.2) is 4.79 Å². The smallest absolute Gasteiger partial charge is 0.321 e. The molecule has 1 fully saturated rings. The monoisotopic (exact) mass is 289 g/mol. The number of nitrogens with zero attached hydrogens (tertiary/aromatic N) is 2. The first kappa shape index (κ1) is 15.5. The number of hydrogen-bond acceptors (Lipinski definition) is 3. The van der Waals surface area contributed by atoms with E-state index in [9.17, 15) is 4.79 Å². The molecule has 1 aromatic rings. The van der Waals surface area contributed by atoms with Crippen molar-refractivity contribution in [3.8, 4) is 0 Å². The van der Waals surface area contributed by atoms with Gasteiger partial charge in [-0.2, -0.15) is 0 Å². The number of nitrogens with one attached hydrogen (secondary N) is 1. The molecule has 1 saturated heterocycles. The van der Waals surface area contributed by atoms with Crippen LogP contribution in [0.1, 0.15) is 11.1 Å². The van der Waals surface area contributed by atoms with Crippen LogP contribution >= 0.6 is 0 Å². The molecule has 1 aliphatic heterocycles. The molecule has 0 saturated carbocycles. The molecule has 2 N–H and O–H groups in total. The summed E-state index contributed by atoms with van der Waals surface area (Å²) in [4.78, 5) is 16.0. The fourth-order valence-corrected chi connectivity index (χ4v) is 2.38. The van der Waals surface area contributed by atoms with Crippen LogP contribution in [0.5, 0.6) is 0 Å². The molecule has 0 bridgehead atoms. The van der Waals surface area contributed by atoms with E-state index in [2.05, 4.69) is 10.2 Å². The van der Waals surface area contributed by atoms with Gasteiger partial charge in [0, 0.05) is 38.9 Å². The summed E-state index contributed by atoms with van der Waals surface area (Å²) < 4.78 is 0. The highest BCUT2D eigenvalue weighted by atomic mass is 16.3. The van der Waals surface area contributed by atoms with Gasteiger partial charge in [0.2, 0.25) is 0 Å². The lowest BCUT2D eigenvalue weighted by molar-refractivity contribution is 0.123. The second-order valence-corrected chi connectivity index (χ2v) is 5.19. The lowest BCUT2D eigenvalue weighted by Gasteiger charge is -2.33. The Labute approximate surface area is 125 Å². The predicted octanol–water partition coefficient (Wildman–Crippen LogP) is 1.29. The third-order valence-corrected chi connectivity index (χ3v) is 3.73. The lowest BCUT2D eigenvalue weighted by atomic mass is 10.1. The van der Waals surface area contributed by atoms with E-state index < -0.39 is 0 Å². The maximum atomic E-state index is 12.0. The lowest BCUT2D eigenvalue weighted by Crippen LogP contribution is -2.51. The molecule has 2 rings (SSSR count). The number of carbonyl (C=O) groups excluding carboxylic acids is 1. The molecule has 2 amide bonds. The Morgan fingerprint density at radius 3 is 2.67 bits per heavy atom. The fourth-order valence-electron chi connectivity index (χ4n) is 2.38. The van der Waals surface area contributed by atoms with Crippen molar-refractivity contribution >= 4 is 12.1 Å². The molecular weight excluding hydrogens is 266 g/mol. The maximum absolute atomic E-state index is 12.0. The normalized spacial score (nSPS) is 16.4. The third-order valence-electron chi connectivity index (χ3n) is 3.73. The van der Waals surface area contributed by atoms with E-state index >= 15 is 0 Å². The zero-order chi connectivity index (χ0) is 15.1. The Morgan fingerprint density at radius 1 is 1.29 bits per heavy atom. The number of urea groups is 1. The van der Waals surface area contributed by atoms with Gasteiger partial charge in [-0.15, -0.1) is 0 Å². The van der Waals surface area contributed by atoms with Gasteiger partial charge in [-0.3, -0.25) is 4.90 Å². The molecule has 1 aromatic carbocycles. The first-order valence-electron chi connectivity index (χ1n) is 7.31. The number of hydrogen-bond donors (Lipinski definition) is 2. The van der Waals surface area contributed by atoms with Gasteiger partial charge in [0.25, 0.3) is 0 Å². The minimum Gasteiger partial charge on any atom is -0.395 e. The molecule has 0 unspecified atom stereocenters. The van der Waals surface area contributed by atoms with E-state index in [0.29, 0.717) is 19.6 Å². The summed E-state index contributed by atoms with van der Waals surface area (Å²) >= 11 is 0. The van der Waals surface area contributed by atoms with Crippen molar-refractivity contribution in [1.82, 2.24) is 15.1 Å². The number of aliphatic hydroxyl groups is 1. The zero-order valence-electron chi connectivity index (χ0n) is 12.5. The summed E-state index contributed by atoms with van der Waals surface area (Å²) in [5.74, 6) is 0. The molecule has 0 aromatic heterocycles. The Bertz CT molecular complexity index is 494. The molecule has 0 radical (unpaired) electrons. The number of rotatable bonds is 4. The van der Waals surface area contributed by atoms with Crippen molar-refractivity contribution in [1.29, 1.82) is 0 Å². The highest BCUT2D eigenvalue weighted by Gasteiger charge is 2.19. The molecular formula is C16H23N3O2. The van der Waals surface area contributed by atoms with Crippen molar-refractivity contribution in [3.05, 3.63) is 41.6 Å². The van der Waals surface area contributed by atoms with Crippen LogP contribution in [0.15, 0.2) is 30.5 Å². The van der Waals surface area contributed by atoms with Crippen LogP contribution in [0.2, 0.25) is 0 Å². The predicted molar refractivity (Wildman–Crippen MR) is 83.8 cm³/mol. The van der Waals surface area contributed by atoms with Gasteiger partial charge in [0.05, 0.1) is 6.61 Å². The summed E-state index contributed by atoms with van der Waals surface area (Å²) in [7, 11) is 0. The molecule has 0 aliphatic carbocycles. The average molecular weight is 289 g/mol. The minimum absolute atomic E-state index is 0.0662. The van der Waals surface area contributed by atoms with Crippen LogP contribution in [0.3, 0.4) is 0 Å². The quantitative estimate of drug-likeness (QED) is 0.878. The van der Waals surface area contributed by atoms with Crippen LogP contribution in [-0.2, 0) is 0 Å². The van der Waals surface area contributed by atoms with Crippen molar-refractivity contribution in [2.75, 3.05) is 39.3 Å². The van der Waals surface area contributed by atoms with Gasteiger partial charge in [-0.05, 0) is 24.1 Å². The highest BCUT2D eigenvalue weighted by molar-refractivity contribution is 5.76. The summed E-state index contributed by atoms with van der Waals surface area (Å²) in [6.07, 6.45) is 3.61. The van der Waals surface area contributed by atoms with Crippen molar-refractivity contribution in [3.63, 3.8) is 0 Å². The van der Waals surface area contributed by atoms with E-state index in [1.54, 1.807) is 11.1 Å². The number of amides is 2. The van der Waals surface area contributed by atoms with E-state index in [-0.39, 0.29) is 12.6 Å². The van der Waals surface area contributed by atoms with E-state index in [4.69, 9.17) is 5.11 Å². The largest absolute Gasteiger partial charge is 0.395 e. The summed E-state index contributed by atoms with van der Waals surface area (Å²) in [5.41, 5.74) is 2.28. The van der Waals surface area contributed by atoms with Crippen LogP contribution in [0.4, 0.5) is 4.79 Å². The third kappa shape index (κ3) is 4.58. The number of β-amino-alcohol motifs (C(OH)–C–C–N with tert-alkyl or cyclic N) is 1. The van der Waals surface area contributed by atoms with Gasteiger partial charge in [0.1, 0.15) is 0 Å². The first-order valence-corrected chi connectivity index (χ1v) is 7.31. The number of aryl methyl sites for hydroxylation is 1. The van der Waals surface area contributed by atoms with E-state index in [1.807, 2.05) is 37.3 Å². The van der Waals surface area contributed by atoms with Gasteiger partial charge in [-0.1, -0.05) is 24.3 Å². The maximum Gasteiger partial charge on any atom is 0.321 e. The molecule has 1 heterocycles. The van der Waals surface area contributed by atoms with Crippen LogP contribution in [0, 0.1) is 6.92 Å². The Balaban J connectivity index is 1.79. The number of aliphatic hydroxyl groups excluding tert-OH is 1. The topological polar surface area (TPSA) is 55.8 Å². The van der Waals surface area contributed by atoms with Crippen molar-refractivity contribution in [2.24, 2.45) is 0 Å². The van der Waals surface area contributed by atoms with Crippen LogP contribution < -0.4 is 5.32 Å². The molecule has 0 spiro atoms. The van der Waals surface area contributed by atoms with Crippen molar-refractivity contribution in [2.45, 2.75) is 6.92 Å². The fraction of sp³-hybridized carbons (Fsp3) is 0.438. The van der Waals surface area contributed by atoms with Gasteiger partial charge in [0.15, 0.2) is 0 Å². The highest BCUT2D eigenvalue weighted by Crippen LogP contribution is 2.08. The Hall–Kier alpha value is -1.85. The van der Waals surface area contributed by atoms with E-state index in [0.717, 1.165) is 18.7 Å². The SMILES string of the molecule is Cc1ccccc1/C=C/NC(=O)N1CCN(CCO)CC1. The van der Waals surface area contributed by atoms with Crippen LogP contribution in [-0.4, -0.2) is 60.3 Å².